The number of rotatable bonds is 3. The molecule has 0 bridgehead atoms. The molecule has 1 unspecified atom stereocenters. The smallest absolute Gasteiger partial charge is 0.416 e. The lowest BCUT2D eigenvalue weighted by Gasteiger charge is -2.26. The highest BCUT2D eigenvalue weighted by molar-refractivity contribution is 5.73. The van der Waals surface area contributed by atoms with E-state index in [4.69, 9.17) is 0 Å². The van der Waals surface area contributed by atoms with Crippen molar-refractivity contribution in [2.45, 2.75) is 58.3 Å². The summed E-state index contributed by atoms with van der Waals surface area (Å²) in [6, 6.07) is 2.98. The minimum Gasteiger partial charge on any atom is -0.507 e. The Bertz CT molecular complexity index is 737. The summed E-state index contributed by atoms with van der Waals surface area (Å²) in [6.45, 7) is 7.21. The number of allylic oxidation sites excluding steroid dienone is 4. The number of benzene rings is 1. The summed E-state index contributed by atoms with van der Waals surface area (Å²) >= 11 is 0. The molecule has 0 saturated carbocycles. The van der Waals surface area contributed by atoms with Crippen LogP contribution in [0, 0.1) is 5.92 Å². The van der Waals surface area contributed by atoms with Gasteiger partial charge in [-0.15, -0.1) is 0 Å². The van der Waals surface area contributed by atoms with Crippen LogP contribution in [0.2, 0.25) is 0 Å². The largest absolute Gasteiger partial charge is 0.507 e. The Hall–Kier alpha value is -1.92. The molecular formula is C20H22F6O. The van der Waals surface area contributed by atoms with Crippen LogP contribution in [0.1, 0.15) is 62.6 Å². The Morgan fingerprint density at radius 1 is 0.926 bits per heavy atom. The first-order valence-electron chi connectivity index (χ1n) is 8.65. The monoisotopic (exact) mass is 392 g/mol. The van der Waals surface area contributed by atoms with Crippen LogP contribution < -0.4 is 0 Å². The predicted octanol–water partition coefficient (Wildman–Crippen LogP) is 7.09. The fourth-order valence-electron chi connectivity index (χ4n) is 3.14. The highest BCUT2D eigenvalue weighted by Gasteiger charge is 2.44. The number of halogens is 6. The van der Waals surface area contributed by atoms with Crippen molar-refractivity contribution in [3.63, 3.8) is 0 Å². The zero-order chi connectivity index (χ0) is 20.7. The first kappa shape index (κ1) is 21.4. The quantitative estimate of drug-likeness (QED) is 0.544. The molecule has 27 heavy (non-hydrogen) atoms. The van der Waals surface area contributed by atoms with E-state index in [1.807, 2.05) is 0 Å². The topological polar surface area (TPSA) is 20.2 Å². The molecule has 0 fully saturated rings. The second-order valence-electron chi connectivity index (χ2n) is 7.45. The van der Waals surface area contributed by atoms with E-state index in [0.717, 1.165) is 6.08 Å². The maximum absolute atomic E-state index is 13.2. The molecule has 150 valence electrons. The van der Waals surface area contributed by atoms with Gasteiger partial charge in [0.15, 0.2) is 0 Å². The molecule has 1 aromatic rings. The van der Waals surface area contributed by atoms with Gasteiger partial charge >= 0.3 is 12.4 Å². The van der Waals surface area contributed by atoms with E-state index in [2.05, 4.69) is 0 Å². The lowest BCUT2D eigenvalue weighted by Crippen LogP contribution is -2.26. The van der Waals surface area contributed by atoms with E-state index in [9.17, 15) is 31.4 Å². The van der Waals surface area contributed by atoms with E-state index < -0.39 is 30.3 Å². The van der Waals surface area contributed by atoms with E-state index in [1.54, 1.807) is 27.7 Å². The van der Waals surface area contributed by atoms with Crippen LogP contribution in [0.15, 0.2) is 29.9 Å². The zero-order valence-corrected chi connectivity index (χ0v) is 15.5. The lowest BCUT2D eigenvalue weighted by molar-refractivity contribution is -0.161. The van der Waals surface area contributed by atoms with Gasteiger partial charge in [0, 0.05) is 0 Å². The predicted molar refractivity (Wildman–Crippen MR) is 92.6 cm³/mol. The van der Waals surface area contributed by atoms with Crippen LogP contribution in [0.3, 0.4) is 0 Å². The highest BCUT2D eigenvalue weighted by atomic mass is 19.4. The molecule has 0 heterocycles. The van der Waals surface area contributed by atoms with Gasteiger partial charge in [-0.1, -0.05) is 33.8 Å². The Morgan fingerprint density at radius 2 is 1.41 bits per heavy atom. The summed E-state index contributed by atoms with van der Waals surface area (Å²) in [7, 11) is 0. The van der Waals surface area contributed by atoms with Gasteiger partial charge < -0.3 is 5.11 Å². The summed E-state index contributed by atoms with van der Waals surface area (Å²) in [4.78, 5) is 0. The van der Waals surface area contributed by atoms with Gasteiger partial charge in [-0.25, -0.2) is 0 Å². The van der Waals surface area contributed by atoms with Gasteiger partial charge in [0.05, 0.1) is 11.5 Å². The minimum absolute atomic E-state index is 0.0315. The maximum atomic E-state index is 13.2. The third-order valence-corrected chi connectivity index (χ3v) is 4.68. The molecule has 1 N–H and O–H groups in total. The summed E-state index contributed by atoms with van der Waals surface area (Å²) in [6.07, 6.45) is -9.18. The van der Waals surface area contributed by atoms with Gasteiger partial charge in [-0.05, 0) is 58.7 Å². The number of phenolic OH excluding ortho intramolecular Hbond substituents is 1. The van der Waals surface area contributed by atoms with Crippen molar-refractivity contribution < 1.29 is 31.4 Å². The minimum atomic E-state index is -4.87. The molecule has 0 saturated heterocycles. The van der Waals surface area contributed by atoms with E-state index in [-0.39, 0.29) is 34.8 Å². The molecule has 0 aliphatic heterocycles. The third kappa shape index (κ3) is 4.68. The lowest BCUT2D eigenvalue weighted by atomic mass is 9.83. The second-order valence-corrected chi connectivity index (χ2v) is 7.45. The fourth-order valence-corrected chi connectivity index (χ4v) is 3.14. The van der Waals surface area contributed by atoms with Crippen molar-refractivity contribution in [3.8, 4) is 5.75 Å². The van der Waals surface area contributed by atoms with Gasteiger partial charge in [-0.3, -0.25) is 0 Å². The molecular weight excluding hydrogens is 370 g/mol. The van der Waals surface area contributed by atoms with E-state index >= 15 is 0 Å². The average Bonchev–Trinajstić information content (AvgIpc) is 2.52. The maximum Gasteiger partial charge on any atom is 0.416 e. The van der Waals surface area contributed by atoms with Gasteiger partial charge in [-0.2, -0.15) is 26.3 Å². The molecule has 1 nitrogen and oxygen atoms in total. The Balaban J connectivity index is 2.65. The number of alkyl halides is 6. The van der Waals surface area contributed by atoms with Crippen LogP contribution in [0.4, 0.5) is 26.3 Å². The molecule has 0 radical (unpaired) electrons. The number of hydrogen-bond donors (Lipinski definition) is 1. The van der Waals surface area contributed by atoms with Crippen LogP contribution in [-0.2, 0) is 0 Å². The molecule has 1 aromatic carbocycles. The first-order valence-corrected chi connectivity index (χ1v) is 8.65. The fraction of sp³-hybridized carbons (Fsp3) is 0.500. The SMILES string of the molecule is CC(C)c1cc(C2=CC(C(F)(F)F)=CC(C(F)(F)F)C2)cc(C(C)C)c1O. The summed E-state index contributed by atoms with van der Waals surface area (Å²) in [5.74, 6) is -2.43. The highest BCUT2D eigenvalue weighted by Crippen LogP contribution is 2.45. The van der Waals surface area contributed by atoms with Crippen molar-refractivity contribution in [1.29, 1.82) is 0 Å². The van der Waals surface area contributed by atoms with Crippen LogP contribution in [-0.4, -0.2) is 17.5 Å². The average molecular weight is 392 g/mol. The number of hydrogen-bond acceptors (Lipinski definition) is 1. The van der Waals surface area contributed by atoms with E-state index in [0.29, 0.717) is 11.1 Å². The molecule has 2 rings (SSSR count). The van der Waals surface area contributed by atoms with Crippen LogP contribution in [0.5, 0.6) is 5.75 Å². The molecule has 7 heteroatoms. The molecule has 0 amide bonds. The number of aromatic hydroxyl groups is 1. The van der Waals surface area contributed by atoms with Crippen LogP contribution in [0.25, 0.3) is 5.57 Å². The van der Waals surface area contributed by atoms with Crippen molar-refractivity contribution in [1.82, 2.24) is 0 Å². The normalized spacial score (nSPS) is 18.7. The standard InChI is InChI=1S/C20H22F6O/c1-10(2)16-7-13(8-17(11(3)4)18(16)27)12-5-14(19(21,22)23)9-15(6-12)20(24,25)26/h5,7-11,15,27H,6H2,1-4H3. The van der Waals surface area contributed by atoms with Gasteiger partial charge in [0.2, 0.25) is 0 Å². The summed E-state index contributed by atoms with van der Waals surface area (Å²) < 4.78 is 79.0. The molecule has 0 spiro atoms. The Labute approximate surface area is 154 Å². The van der Waals surface area contributed by atoms with Gasteiger partial charge in [0.25, 0.3) is 0 Å². The Morgan fingerprint density at radius 3 is 1.78 bits per heavy atom. The summed E-state index contributed by atoms with van der Waals surface area (Å²) in [5, 5.41) is 10.4. The van der Waals surface area contributed by atoms with Crippen molar-refractivity contribution in [2.24, 2.45) is 5.92 Å². The molecule has 1 aliphatic carbocycles. The third-order valence-electron chi connectivity index (χ3n) is 4.68. The first-order chi connectivity index (χ1) is 12.2. The van der Waals surface area contributed by atoms with Crippen LogP contribution >= 0.6 is 0 Å². The summed E-state index contributed by atoms with van der Waals surface area (Å²) in [5.41, 5.74) is -0.0378. The molecule has 1 aliphatic rings. The molecule has 0 aromatic heterocycles. The van der Waals surface area contributed by atoms with Gasteiger partial charge in [0.1, 0.15) is 5.75 Å². The van der Waals surface area contributed by atoms with Crippen molar-refractivity contribution in [3.05, 3.63) is 46.5 Å². The second kappa shape index (κ2) is 7.24. The van der Waals surface area contributed by atoms with E-state index in [1.165, 1.54) is 12.1 Å². The zero-order valence-electron chi connectivity index (χ0n) is 15.5. The van der Waals surface area contributed by atoms with Crippen molar-refractivity contribution >= 4 is 5.57 Å². The molecule has 1 atom stereocenters. The number of phenols is 1. The Kier molecular flexibility index (Phi) is 5.74. The van der Waals surface area contributed by atoms with Crippen molar-refractivity contribution in [2.75, 3.05) is 0 Å².